The third-order valence-corrected chi connectivity index (χ3v) is 3.60. The average molecular weight is 250 g/mol. The molecule has 0 aliphatic carbocycles. The van der Waals surface area contributed by atoms with Crippen molar-refractivity contribution >= 4 is 0 Å². The number of nitrogens with zero attached hydrogens (tertiary/aromatic N) is 1. The molecule has 0 aromatic carbocycles. The molecule has 0 bridgehead atoms. The first kappa shape index (κ1) is 15.1. The second kappa shape index (κ2) is 8.22. The summed E-state index contributed by atoms with van der Waals surface area (Å²) in [4.78, 5) is 4.02. The zero-order valence-electron chi connectivity index (χ0n) is 11.5. The number of aromatic nitrogens is 1. The maximum Gasteiger partial charge on any atom is 0.0649 e. The molecule has 18 heavy (non-hydrogen) atoms. The summed E-state index contributed by atoms with van der Waals surface area (Å²) in [6.45, 7) is 4.81. The number of hydrogen-bond acceptors (Lipinski definition) is 3. The molecule has 3 heteroatoms. The maximum absolute atomic E-state index is 10.6. The van der Waals surface area contributed by atoms with Gasteiger partial charge in [0.1, 0.15) is 0 Å². The molecule has 0 fully saturated rings. The lowest BCUT2D eigenvalue weighted by Crippen LogP contribution is -2.32. The third kappa shape index (κ3) is 4.07. The summed E-state index contributed by atoms with van der Waals surface area (Å²) in [6.07, 6.45) is 7.52. The van der Waals surface area contributed by atoms with E-state index in [2.05, 4.69) is 18.8 Å². The Morgan fingerprint density at radius 2 is 1.72 bits per heavy atom. The van der Waals surface area contributed by atoms with Crippen LogP contribution in [0.15, 0.2) is 24.5 Å². The Bertz CT molecular complexity index is 310. The summed E-state index contributed by atoms with van der Waals surface area (Å²) in [6, 6.07) is 3.91. The Morgan fingerprint density at radius 3 is 2.17 bits per heavy atom. The molecule has 0 aliphatic rings. The summed E-state index contributed by atoms with van der Waals surface area (Å²) >= 11 is 0. The second-order valence-electron chi connectivity index (χ2n) is 4.95. The zero-order chi connectivity index (χ0) is 13.4. The Balaban J connectivity index is 2.79. The van der Waals surface area contributed by atoms with Crippen molar-refractivity contribution in [3.8, 4) is 0 Å². The van der Waals surface area contributed by atoms with E-state index in [1.807, 2.05) is 12.1 Å². The molecule has 0 saturated heterocycles. The monoisotopic (exact) mass is 250 g/mol. The van der Waals surface area contributed by atoms with Gasteiger partial charge >= 0.3 is 0 Å². The fourth-order valence-electron chi connectivity index (χ4n) is 2.64. The minimum Gasteiger partial charge on any atom is -0.392 e. The van der Waals surface area contributed by atoms with Gasteiger partial charge in [0.2, 0.25) is 0 Å². The van der Waals surface area contributed by atoms with Crippen LogP contribution < -0.4 is 5.73 Å². The van der Waals surface area contributed by atoms with Crippen LogP contribution in [-0.2, 0) is 0 Å². The van der Waals surface area contributed by atoms with Gasteiger partial charge in [0.25, 0.3) is 0 Å². The summed E-state index contributed by atoms with van der Waals surface area (Å²) < 4.78 is 0. The number of nitrogens with two attached hydrogens (primary N) is 1. The van der Waals surface area contributed by atoms with Crippen LogP contribution in [0.4, 0.5) is 0 Å². The van der Waals surface area contributed by atoms with Crippen LogP contribution in [0.25, 0.3) is 0 Å². The molecular formula is C15H26N2O. The van der Waals surface area contributed by atoms with Gasteiger partial charge in [-0.15, -0.1) is 0 Å². The highest BCUT2D eigenvalue weighted by Gasteiger charge is 2.26. The Hall–Kier alpha value is -0.930. The average Bonchev–Trinajstić information content (AvgIpc) is 2.40. The van der Waals surface area contributed by atoms with Gasteiger partial charge < -0.3 is 10.8 Å². The number of aliphatic hydroxyl groups is 1. The first-order valence-electron chi connectivity index (χ1n) is 7.02. The van der Waals surface area contributed by atoms with Crippen LogP contribution in [0, 0.1) is 5.92 Å². The molecule has 1 rings (SSSR count). The summed E-state index contributed by atoms with van der Waals surface area (Å²) in [5, 5.41) is 10.6. The van der Waals surface area contributed by atoms with Crippen LogP contribution in [0.2, 0.25) is 0 Å². The standard InChI is InChI=1S/C15H26N2O/c1-3-5-13(6-4-2)15(18)14(11-16)12-7-9-17-10-8-12/h7-10,13-15,18H,3-6,11,16H2,1-2H3. The molecule has 0 spiro atoms. The molecule has 0 radical (unpaired) electrons. The minimum atomic E-state index is -0.350. The molecule has 2 atom stereocenters. The van der Waals surface area contributed by atoms with Crippen molar-refractivity contribution in [1.82, 2.24) is 4.98 Å². The Labute approximate surface area is 110 Å². The Kier molecular flexibility index (Phi) is 6.91. The highest BCUT2D eigenvalue weighted by Crippen LogP contribution is 2.28. The van der Waals surface area contributed by atoms with Gasteiger partial charge in [0, 0.05) is 24.9 Å². The van der Waals surface area contributed by atoms with Gasteiger partial charge in [-0.2, -0.15) is 0 Å². The van der Waals surface area contributed by atoms with Crippen LogP contribution in [0.1, 0.15) is 51.0 Å². The van der Waals surface area contributed by atoms with Crippen molar-refractivity contribution in [2.45, 2.75) is 51.6 Å². The molecule has 1 heterocycles. The fraction of sp³-hybridized carbons (Fsp3) is 0.667. The summed E-state index contributed by atoms with van der Waals surface area (Å²) in [7, 11) is 0. The molecule has 1 aromatic rings. The van der Waals surface area contributed by atoms with Gasteiger partial charge in [-0.1, -0.05) is 26.7 Å². The lowest BCUT2D eigenvalue weighted by molar-refractivity contribution is 0.0722. The van der Waals surface area contributed by atoms with E-state index >= 15 is 0 Å². The lowest BCUT2D eigenvalue weighted by Gasteiger charge is -2.29. The van der Waals surface area contributed by atoms with Crippen molar-refractivity contribution in [2.75, 3.05) is 6.54 Å². The number of aliphatic hydroxyl groups excluding tert-OH is 1. The van der Waals surface area contributed by atoms with Crippen molar-refractivity contribution in [2.24, 2.45) is 11.7 Å². The molecule has 0 amide bonds. The first-order chi connectivity index (χ1) is 8.74. The molecule has 0 aliphatic heterocycles. The number of hydrogen-bond donors (Lipinski definition) is 2. The molecule has 102 valence electrons. The topological polar surface area (TPSA) is 59.1 Å². The van der Waals surface area contributed by atoms with E-state index in [1.54, 1.807) is 12.4 Å². The van der Waals surface area contributed by atoms with E-state index in [9.17, 15) is 5.11 Å². The normalized spacial score (nSPS) is 14.7. The predicted octanol–water partition coefficient (Wildman–Crippen LogP) is 2.70. The van der Waals surface area contributed by atoms with Crippen molar-refractivity contribution in [1.29, 1.82) is 0 Å². The van der Waals surface area contributed by atoms with Crippen molar-refractivity contribution < 1.29 is 5.11 Å². The largest absolute Gasteiger partial charge is 0.392 e. The van der Waals surface area contributed by atoms with E-state index in [1.165, 1.54) is 0 Å². The third-order valence-electron chi connectivity index (χ3n) is 3.60. The molecule has 3 nitrogen and oxygen atoms in total. The number of rotatable bonds is 8. The highest BCUT2D eigenvalue weighted by atomic mass is 16.3. The SMILES string of the molecule is CCCC(CCC)C(O)C(CN)c1ccncc1. The molecule has 0 saturated carbocycles. The summed E-state index contributed by atoms with van der Waals surface area (Å²) in [5.41, 5.74) is 6.95. The minimum absolute atomic E-state index is 0.0242. The van der Waals surface area contributed by atoms with E-state index < -0.39 is 0 Å². The van der Waals surface area contributed by atoms with E-state index in [-0.39, 0.29) is 12.0 Å². The first-order valence-corrected chi connectivity index (χ1v) is 7.02. The predicted molar refractivity (Wildman–Crippen MR) is 75.3 cm³/mol. The lowest BCUT2D eigenvalue weighted by atomic mass is 9.82. The van der Waals surface area contributed by atoms with Crippen LogP contribution in [0.5, 0.6) is 0 Å². The molecular weight excluding hydrogens is 224 g/mol. The highest BCUT2D eigenvalue weighted by molar-refractivity contribution is 5.18. The quantitative estimate of drug-likeness (QED) is 0.745. The Morgan fingerprint density at radius 1 is 1.17 bits per heavy atom. The van der Waals surface area contributed by atoms with Crippen molar-refractivity contribution in [3.63, 3.8) is 0 Å². The molecule has 3 N–H and O–H groups in total. The van der Waals surface area contributed by atoms with E-state index in [0.717, 1.165) is 31.2 Å². The number of pyridine rings is 1. The van der Waals surface area contributed by atoms with Crippen molar-refractivity contribution in [3.05, 3.63) is 30.1 Å². The van der Waals surface area contributed by atoms with Gasteiger partial charge in [-0.3, -0.25) is 4.98 Å². The smallest absolute Gasteiger partial charge is 0.0649 e. The van der Waals surface area contributed by atoms with E-state index in [4.69, 9.17) is 5.73 Å². The second-order valence-corrected chi connectivity index (χ2v) is 4.95. The fourth-order valence-corrected chi connectivity index (χ4v) is 2.64. The van der Waals surface area contributed by atoms with Crippen LogP contribution >= 0.6 is 0 Å². The summed E-state index contributed by atoms with van der Waals surface area (Å²) in [5.74, 6) is 0.373. The van der Waals surface area contributed by atoms with Crippen LogP contribution in [0.3, 0.4) is 0 Å². The van der Waals surface area contributed by atoms with E-state index in [0.29, 0.717) is 12.5 Å². The molecule has 1 aromatic heterocycles. The molecule has 2 unspecified atom stereocenters. The van der Waals surface area contributed by atoms with Gasteiger partial charge in [-0.25, -0.2) is 0 Å². The van der Waals surface area contributed by atoms with Gasteiger partial charge in [0.15, 0.2) is 0 Å². The van der Waals surface area contributed by atoms with Gasteiger partial charge in [0.05, 0.1) is 6.10 Å². The van der Waals surface area contributed by atoms with Gasteiger partial charge in [-0.05, 0) is 36.5 Å². The zero-order valence-corrected chi connectivity index (χ0v) is 11.5. The van der Waals surface area contributed by atoms with Crippen LogP contribution in [-0.4, -0.2) is 22.7 Å². The maximum atomic E-state index is 10.6.